The minimum absolute atomic E-state index is 0.00840. The van der Waals surface area contributed by atoms with Gasteiger partial charge >= 0.3 is 0 Å². The second kappa shape index (κ2) is 6.21. The van der Waals surface area contributed by atoms with E-state index < -0.39 is 11.6 Å². The zero-order valence-corrected chi connectivity index (χ0v) is 12.3. The van der Waals surface area contributed by atoms with E-state index in [1.165, 1.54) is 18.2 Å². The molecule has 0 radical (unpaired) electrons. The summed E-state index contributed by atoms with van der Waals surface area (Å²) in [5.41, 5.74) is 0.439. The lowest BCUT2D eigenvalue weighted by Gasteiger charge is -2.11. The van der Waals surface area contributed by atoms with Gasteiger partial charge in [0.15, 0.2) is 11.6 Å². The van der Waals surface area contributed by atoms with E-state index in [-0.39, 0.29) is 22.1 Å². The maximum absolute atomic E-state index is 14.1. The lowest BCUT2D eigenvalue weighted by atomic mass is 10.2. The number of benzene rings is 2. The van der Waals surface area contributed by atoms with Crippen molar-refractivity contribution in [3.8, 4) is 17.6 Å². The molecule has 0 saturated carbocycles. The lowest BCUT2D eigenvalue weighted by Crippen LogP contribution is -1.95. The van der Waals surface area contributed by atoms with E-state index in [0.717, 1.165) is 12.1 Å². The van der Waals surface area contributed by atoms with Crippen molar-refractivity contribution >= 4 is 27.5 Å². The molecule has 0 N–H and O–H groups in total. The summed E-state index contributed by atoms with van der Waals surface area (Å²) in [4.78, 5) is 0. The molecule has 0 aromatic heterocycles. The first-order valence-corrected chi connectivity index (χ1v) is 6.96. The van der Waals surface area contributed by atoms with Crippen molar-refractivity contribution in [2.24, 2.45) is 0 Å². The van der Waals surface area contributed by atoms with Crippen LogP contribution >= 0.6 is 27.5 Å². The Labute approximate surface area is 127 Å². The van der Waals surface area contributed by atoms with Crippen molar-refractivity contribution in [3.63, 3.8) is 0 Å². The third kappa shape index (κ3) is 3.09. The Kier molecular flexibility index (Phi) is 4.58. The maximum Gasteiger partial charge on any atom is 0.181 e. The standard InChI is InChI=1S/C14H7BrClF2NO/c15-6-9-1-2-12(16)14(13(9)18)20-11-4-8(7-19)3-10(17)5-11/h1-5H,6H2. The summed E-state index contributed by atoms with van der Waals surface area (Å²) in [6, 6.07) is 8.21. The SMILES string of the molecule is N#Cc1cc(F)cc(Oc2c(Cl)ccc(CBr)c2F)c1. The van der Waals surface area contributed by atoms with Gasteiger partial charge in [-0.15, -0.1) is 0 Å². The van der Waals surface area contributed by atoms with Crippen molar-refractivity contribution in [1.82, 2.24) is 0 Å². The van der Waals surface area contributed by atoms with Gasteiger partial charge in [-0.3, -0.25) is 0 Å². The highest BCUT2D eigenvalue weighted by atomic mass is 79.9. The van der Waals surface area contributed by atoms with Gasteiger partial charge in [0.1, 0.15) is 11.6 Å². The number of hydrogen-bond donors (Lipinski definition) is 0. The second-order valence-corrected chi connectivity index (χ2v) is 4.84. The first-order chi connectivity index (χ1) is 9.55. The molecule has 2 aromatic rings. The second-order valence-electron chi connectivity index (χ2n) is 3.87. The summed E-state index contributed by atoms with van der Waals surface area (Å²) in [6.07, 6.45) is 0. The minimum Gasteiger partial charge on any atom is -0.453 e. The number of nitriles is 1. The van der Waals surface area contributed by atoms with Crippen molar-refractivity contribution in [3.05, 3.63) is 58.1 Å². The molecule has 0 heterocycles. The van der Waals surface area contributed by atoms with Crippen LogP contribution in [-0.2, 0) is 5.33 Å². The zero-order chi connectivity index (χ0) is 14.7. The number of ether oxygens (including phenoxy) is 1. The van der Waals surface area contributed by atoms with Gasteiger partial charge in [0, 0.05) is 17.0 Å². The molecule has 0 aliphatic rings. The molecule has 20 heavy (non-hydrogen) atoms. The molecule has 0 spiro atoms. The largest absolute Gasteiger partial charge is 0.453 e. The smallest absolute Gasteiger partial charge is 0.181 e. The lowest BCUT2D eigenvalue weighted by molar-refractivity contribution is 0.436. The van der Waals surface area contributed by atoms with Gasteiger partial charge in [0.2, 0.25) is 0 Å². The average Bonchev–Trinajstić information content (AvgIpc) is 2.43. The summed E-state index contributed by atoms with van der Waals surface area (Å²) in [5, 5.41) is 9.12. The third-order valence-corrected chi connectivity index (χ3v) is 3.40. The van der Waals surface area contributed by atoms with Crippen LogP contribution in [0.4, 0.5) is 8.78 Å². The number of hydrogen-bond acceptors (Lipinski definition) is 2. The molecule has 0 fully saturated rings. The third-order valence-electron chi connectivity index (χ3n) is 2.49. The van der Waals surface area contributed by atoms with Crippen LogP contribution in [0, 0.1) is 23.0 Å². The monoisotopic (exact) mass is 357 g/mol. The van der Waals surface area contributed by atoms with Crippen LogP contribution in [0.3, 0.4) is 0 Å². The van der Waals surface area contributed by atoms with Gasteiger partial charge in [0.05, 0.1) is 16.7 Å². The van der Waals surface area contributed by atoms with Gasteiger partial charge in [-0.05, 0) is 18.2 Å². The number of rotatable bonds is 3. The highest BCUT2D eigenvalue weighted by molar-refractivity contribution is 9.08. The topological polar surface area (TPSA) is 33.0 Å². The molecule has 0 unspecified atom stereocenters. The molecule has 0 saturated heterocycles. The van der Waals surface area contributed by atoms with Crippen LogP contribution < -0.4 is 4.74 Å². The minimum atomic E-state index is -0.646. The van der Waals surface area contributed by atoms with E-state index >= 15 is 0 Å². The Bertz CT molecular complexity index is 700. The van der Waals surface area contributed by atoms with Gasteiger partial charge in [-0.2, -0.15) is 5.26 Å². The molecule has 6 heteroatoms. The van der Waals surface area contributed by atoms with E-state index in [1.54, 1.807) is 6.07 Å². The Morgan fingerprint density at radius 1 is 1.25 bits per heavy atom. The van der Waals surface area contributed by atoms with Gasteiger partial charge in [-0.25, -0.2) is 8.78 Å². The molecule has 2 rings (SSSR count). The molecule has 0 bridgehead atoms. The predicted molar refractivity (Wildman–Crippen MR) is 75.2 cm³/mol. The van der Waals surface area contributed by atoms with Crippen LogP contribution in [0.25, 0.3) is 0 Å². The van der Waals surface area contributed by atoms with Crippen LogP contribution in [0.1, 0.15) is 11.1 Å². The van der Waals surface area contributed by atoms with E-state index in [4.69, 9.17) is 21.6 Å². The first kappa shape index (κ1) is 14.8. The fourth-order valence-corrected chi connectivity index (χ4v) is 2.19. The Hall–Kier alpha value is -1.64. The predicted octanol–water partition coefficient (Wildman–Crippen LogP) is 5.18. The summed E-state index contributed by atoms with van der Waals surface area (Å²) in [7, 11) is 0. The fourth-order valence-electron chi connectivity index (χ4n) is 1.57. The summed E-state index contributed by atoms with van der Waals surface area (Å²) in [5.74, 6) is -1.46. The highest BCUT2D eigenvalue weighted by Crippen LogP contribution is 2.35. The molecular formula is C14H7BrClF2NO. The van der Waals surface area contributed by atoms with Crippen molar-refractivity contribution < 1.29 is 13.5 Å². The normalized spacial score (nSPS) is 10.2. The highest BCUT2D eigenvalue weighted by Gasteiger charge is 2.15. The zero-order valence-electron chi connectivity index (χ0n) is 9.96. The summed E-state index contributed by atoms with van der Waals surface area (Å²) >= 11 is 9.03. The van der Waals surface area contributed by atoms with Gasteiger partial charge < -0.3 is 4.74 Å². The molecule has 0 atom stereocenters. The van der Waals surface area contributed by atoms with Gasteiger partial charge in [-0.1, -0.05) is 33.6 Å². The number of alkyl halides is 1. The Morgan fingerprint density at radius 3 is 2.65 bits per heavy atom. The molecule has 102 valence electrons. The Balaban J connectivity index is 2.45. The van der Waals surface area contributed by atoms with Crippen LogP contribution in [-0.4, -0.2) is 0 Å². The molecule has 0 aliphatic carbocycles. The van der Waals surface area contributed by atoms with Crippen molar-refractivity contribution in [2.75, 3.05) is 0 Å². The molecule has 2 nitrogen and oxygen atoms in total. The molecular weight excluding hydrogens is 352 g/mol. The van der Waals surface area contributed by atoms with E-state index in [2.05, 4.69) is 15.9 Å². The van der Waals surface area contributed by atoms with Crippen molar-refractivity contribution in [2.45, 2.75) is 5.33 Å². The van der Waals surface area contributed by atoms with E-state index in [0.29, 0.717) is 10.9 Å². The molecule has 2 aromatic carbocycles. The number of nitrogens with zero attached hydrogens (tertiary/aromatic N) is 1. The van der Waals surface area contributed by atoms with Crippen LogP contribution in [0.2, 0.25) is 5.02 Å². The quantitative estimate of drug-likeness (QED) is 0.709. The van der Waals surface area contributed by atoms with Crippen molar-refractivity contribution in [1.29, 1.82) is 5.26 Å². The van der Waals surface area contributed by atoms with Gasteiger partial charge in [0.25, 0.3) is 0 Å². The maximum atomic E-state index is 14.1. The molecule has 0 aliphatic heterocycles. The van der Waals surface area contributed by atoms with Crippen LogP contribution in [0.5, 0.6) is 11.5 Å². The Morgan fingerprint density at radius 2 is 2.00 bits per heavy atom. The first-order valence-electron chi connectivity index (χ1n) is 5.46. The summed E-state index contributed by atoms with van der Waals surface area (Å²) < 4.78 is 32.7. The molecule has 0 amide bonds. The average molecular weight is 359 g/mol. The van der Waals surface area contributed by atoms with E-state index in [1.807, 2.05) is 0 Å². The fraction of sp³-hybridized carbons (Fsp3) is 0.0714. The number of halogens is 4. The van der Waals surface area contributed by atoms with Crippen LogP contribution in [0.15, 0.2) is 30.3 Å². The van der Waals surface area contributed by atoms with E-state index in [9.17, 15) is 8.78 Å². The summed E-state index contributed by atoms with van der Waals surface area (Å²) in [6.45, 7) is 0.